The molecule has 1 amide bonds. The first-order valence-electron chi connectivity index (χ1n) is 8.16. The summed E-state index contributed by atoms with van der Waals surface area (Å²) < 4.78 is 0.552. The molecule has 0 spiro atoms. The molecule has 0 heterocycles. The molecule has 7 heteroatoms. The average Bonchev–Trinajstić information content (AvgIpc) is 2.68. The number of fused-ring (bicyclic) bond motifs is 1. The third kappa shape index (κ3) is 4.48. The van der Waals surface area contributed by atoms with Gasteiger partial charge < -0.3 is 10.2 Å². The number of carbonyl (C=O) groups is 1. The number of nitrogens with zero attached hydrogens (tertiary/aromatic N) is 1. The van der Waals surface area contributed by atoms with Gasteiger partial charge in [0.25, 0.3) is 0 Å². The molecule has 0 aliphatic rings. The highest BCUT2D eigenvalue weighted by Crippen LogP contribution is 2.40. The molecule has 138 valence electrons. The molecular weight excluding hydrogens is 476 g/mol. The van der Waals surface area contributed by atoms with Crippen molar-refractivity contribution < 1.29 is 15.0 Å². The van der Waals surface area contributed by atoms with Gasteiger partial charge in [-0.25, -0.2) is 5.43 Å². The molecule has 27 heavy (non-hydrogen) atoms. The lowest BCUT2D eigenvalue weighted by Gasteiger charge is -2.07. The summed E-state index contributed by atoms with van der Waals surface area (Å²) in [5, 5.41) is 25.9. The van der Waals surface area contributed by atoms with Crippen LogP contribution in [0.1, 0.15) is 17.5 Å². The Morgan fingerprint density at radius 1 is 1.07 bits per heavy atom. The van der Waals surface area contributed by atoms with Crippen LogP contribution >= 0.6 is 31.9 Å². The third-order valence-corrected chi connectivity index (χ3v) is 5.45. The first kappa shape index (κ1) is 19.4. The van der Waals surface area contributed by atoms with Crippen LogP contribution in [-0.4, -0.2) is 22.3 Å². The minimum Gasteiger partial charge on any atom is -0.506 e. The number of amides is 1. The number of hydrogen-bond donors (Lipinski definition) is 3. The minimum absolute atomic E-state index is 0.108. The fourth-order valence-electron chi connectivity index (χ4n) is 2.70. The Morgan fingerprint density at radius 2 is 1.81 bits per heavy atom. The molecule has 0 radical (unpaired) electrons. The predicted octanol–water partition coefficient (Wildman–Crippen LogP) is 4.86. The molecule has 3 N–H and O–H groups in total. The van der Waals surface area contributed by atoms with Crippen molar-refractivity contribution in [2.75, 3.05) is 0 Å². The number of hydrazone groups is 1. The van der Waals surface area contributed by atoms with E-state index in [1.54, 1.807) is 0 Å². The zero-order chi connectivity index (χ0) is 19.4. The molecule has 0 aliphatic carbocycles. The van der Waals surface area contributed by atoms with E-state index in [0.717, 1.165) is 16.3 Å². The number of rotatable bonds is 5. The van der Waals surface area contributed by atoms with E-state index in [9.17, 15) is 15.0 Å². The maximum absolute atomic E-state index is 12.1. The maximum Gasteiger partial charge on any atom is 0.240 e. The van der Waals surface area contributed by atoms with E-state index in [-0.39, 0.29) is 21.9 Å². The van der Waals surface area contributed by atoms with Crippen molar-refractivity contribution in [1.82, 2.24) is 5.43 Å². The number of carbonyl (C=O) groups excluding carboxylic acids is 1. The second kappa shape index (κ2) is 8.54. The Balaban J connectivity index is 1.63. The largest absolute Gasteiger partial charge is 0.506 e. The molecule has 0 saturated heterocycles. The number of phenolic OH excluding ortho intramolecular Hbond substituents is 2. The van der Waals surface area contributed by atoms with Crippen LogP contribution in [0.4, 0.5) is 0 Å². The maximum atomic E-state index is 12.1. The first-order chi connectivity index (χ1) is 13.0. The summed E-state index contributed by atoms with van der Waals surface area (Å²) in [5.74, 6) is -0.496. The molecule has 0 saturated carbocycles. The van der Waals surface area contributed by atoms with Gasteiger partial charge in [0.05, 0.1) is 10.7 Å². The van der Waals surface area contributed by atoms with Gasteiger partial charge in [-0.15, -0.1) is 0 Å². The number of benzene rings is 3. The Hall–Kier alpha value is -2.38. The summed E-state index contributed by atoms with van der Waals surface area (Å²) >= 11 is 6.28. The van der Waals surface area contributed by atoms with Gasteiger partial charge in [0.15, 0.2) is 0 Å². The highest BCUT2D eigenvalue weighted by Gasteiger charge is 2.13. The molecule has 3 aromatic carbocycles. The van der Waals surface area contributed by atoms with E-state index in [1.807, 2.05) is 42.5 Å². The van der Waals surface area contributed by atoms with Gasteiger partial charge in [0, 0.05) is 12.0 Å². The fourth-order valence-corrected chi connectivity index (χ4v) is 3.86. The van der Waals surface area contributed by atoms with Crippen molar-refractivity contribution in [3.63, 3.8) is 0 Å². The van der Waals surface area contributed by atoms with Crippen LogP contribution in [0.15, 0.2) is 62.6 Å². The van der Waals surface area contributed by atoms with Crippen molar-refractivity contribution >= 4 is 54.8 Å². The van der Waals surface area contributed by atoms with Crippen LogP contribution in [0.2, 0.25) is 0 Å². The Labute approximate surface area is 173 Å². The van der Waals surface area contributed by atoms with Gasteiger partial charge in [0.1, 0.15) is 16.0 Å². The van der Waals surface area contributed by atoms with Gasteiger partial charge in [0.2, 0.25) is 5.91 Å². The molecule has 5 nitrogen and oxygen atoms in total. The number of nitrogens with one attached hydrogen (secondary N) is 1. The van der Waals surface area contributed by atoms with E-state index in [4.69, 9.17) is 0 Å². The molecule has 0 fully saturated rings. The van der Waals surface area contributed by atoms with Crippen LogP contribution in [0.3, 0.4) is 0 Å². The van der Waals surface area contributed by atoms with Crippen molar-refractivity contribution in [3.8, 4) is 11.5 Å². The standard InChI is InChI=1S/C20H16Br2N2O3/c21-16-10-14(19(26)18(22)20(16)27)11-23-24-17(25)9-8-13-6-3-5-12-4-1-2-7-15(12)13/h1-7,10-11,26-27H,8-9H2,(H,24,25)/b23-11-. The Bertz CT molecular complexity index is 1030. The van der Waals surface area contributed by atoms with E-state index < -0.39 is 0 Å². The van der Waals surface area contributed by atoms with Crippen molar-refractivity contribution in [2.45, 2.75) is 12.8 Å². The summed E-state index contributed by atoms with van der Waals surface area (Å²) in [5.41, 5.74) is 3.91. The number of aromatic hydroxyl groups is 2. The second-order valence-corrected chi connectivity index (χ2v) is 7.54. The quantitative estimate of drug-likeness (QED) is 0.352. The summed E-state index contributed by atoms with van der Waals surface area (Å²) in [6.07, 6.45) is 2.21. The number of halogens is 2. The summed E-state index contributed by atoms with van der Waals surface area (Å²) in [6, 6.07) is 15.6. The Kier molecular flexibility index (Phi) is 6.13. The van der Waals surface area contributed by atoms with E-state index in [0.29, 0.717) is 22.9 Å². The van der Waals surface area contributed by atoms with Gasteiger partial charge in [-0.3, -0.25) is 4.79 Å². The molecule has 3 aromatic rings. The van der Waals surface area contributed by atoms with Gasteiger partial charge in [-0.1, -0.05) is 42.5 Å². The average molecular weight is 492 g/mol. The van der Waals surface area contributed by atoms with Crippen LogP contribution < -0.4 is 5.43 Å². The lowest BCUT2D eigenvalue weighted by atomic mass is 10.0. The topological polar surface area (TPSA) is 81.9 Å². The van der Waals surface area contributed by atoms with Crippen LogP contribution in [0.5, 0.6) is 11.5 Å². The molecule has 0 bridgehead atoms. The fraction of sp³-hybridized carbons (Fsp3) is 0.100. The molecular formula is C20H16Br2N2O3. The molecule has 0 aliphatic heterocycles. The van der Waals surface area contributed by atoms with Gasteiger partial charge >= 0.3 is 0 Å². The van der Waals surface area contributed by atoms with Crippen molar-refractivity contribution in [3.05, 3.63) is 68.6 Å². The number of phenols is 2. The lowest BCUT2D eigenvalue weighted by Crippen LogP contribution is -2.18. The van der Waals surface area contributed by atoms with E-state index in [2.05, 4.69) is 42.4 Å². The highest BCUT2D eigenvalue weighted by molar-refractivity contribution is 9.11. The summed E-state index contributed by atoms with van der Waals surface area (Å²) in [7, 11) is 0. The van der Waals surface area contributed by atoms with E-state index in [1.165, 1.54) is 12.3 Å². The predicted molar refractivity (Wildman–Crippen MR) is 113 cm³/mol. The SMILES string of the molecule is O=C(CCc1cccc2ccccc12)N/N=C\c1cc(Br)c(O)c(Br)c1O. The smallest absolute Gasteiger partial charge is 0.240 e. The van der Waals surface area contributed by atoms with Crippen molar-refractivity contribution in [2.24, 2.45) is 5.10 Å². The number of hydrogen-bond acceptors (Lipinski definition) is 4. The molecule has 0 atom stereocenters. The highest BCUT2D eigenvalue weighted by atomic mass is 79.9. The molecule has 3 rings (SSSR count). The minimum atomic E-state index is -0.226. The van der Waals surface area contributed by atoms with Gasteiger partial charge in [-0.2, -0.15) is 5.10 Å². The zero-order valence-electron chi connectivity index (χ0n) is 14.1. The Morgan fingerprint density at radius 3 is 2.63 bits per heavy atom. The first-order valence-corrected chi connectivity index (χ1v) is 9.74. The molecule has 0 unspecified atom stereocenters. The van der Waals surface area contributed by atoms with E-state index >= 15 is 0 Å². The van der Waals surface area contributed by atoms with Crippen LogP contribution in [0, 0.1) is 0 Å². The summed E-state index contributed by atoms with van der Waals surface area (Å²) in [6.45, 7) is 0. The third-order valence-electron chi connectivity index (χ3n) is 4.09. The lowest BCUT2D eigenvalue weighted by molar-refractivity contribution is -0.121. The normalized spacial score (nSPS) is 11.2. The zero-order valence-corrected chi connectivity index (χ0v) is 17.3. The monoisotopic (exact) mass is 490 g/mol. The van der Waals surface area contributed by atoms with Gasteiger partial charge in [-0.05, 0) is 60.7 Å². The van der Waals surface area contributed by atoms with Crippen molar-refractivity contribution in [1.29, 1.82) is 0 Å². The molecule has 0 aromatic heterocycles. The number of aryl methyl sites for hydroxylation is 1. The second-order valence-electron chi connectivity index (χ2n) is 5.89. The van der Waals surface area contributed by atoms with Crippen LogP contribution in [0.25, 0.3) is 10.8 Å². The summed E-state index contributed by atoms with van der Waals surface area (Å²) in [4.78, 5) is 12.1. The van der Waals surface area contributed by atoms with Crippen LogP contribution in [-0.2, 0) is 11.2 Å².